The topological polar surface area (TPSA) is 78.7 Å². The van der Waals surface area contributed by atoms with Gasteiger partial charge in [0.25, 0.3) is 0 Å². The molecule has 2 heterocycles. The van der Waals surface area contributed by atoms with Crippen LogP contribution < -0.4 is 5.32 Å². The number of hydrogen-bond donors (Lipinski definition) is 1. The van der Waals surface area contributed by atoms with Crippen LogP contribution in [0.3, 0.4) is 0 Å². The molecule has 0 saturated heterocycles. The van der Waals surface area contributed by atoms with Crippen molar-refractivity contribution in [3.05, 3.63) is 47.0 Å². The Morgan fingerprint density at radius 1 is 1.43 bits per heavy atom. The highest BCUT2D eigenvalue weighted by atomic mass is 32.2. The van der Waals surface area contributed by atoms with Gasteiger partial charge in [-0.15, -0.1) is 11.3 Å². The summed E-state index contributed by atoms with van der Waals surface area (Å²) in [5.41, 5.74) is 2.42. The SMILES string of the molecule is Cc1ccc2nc(SCC(=O)Nc3nccs3)c(C#N)cc2c1. The van der Waals surface area contributed by atoms with Crippen molar-refractivity contribution in [2.45, 2.75) is 11.9 Å². The maximum absolute atomic E-state index is 11.9. The van der Waals surface area contributed by atoms with Crippen molar-refractivity contribution in [2.75, 3.05) is 11.1 Å². The summed E-state index contributed by atoms with van der Waals surface area (Å²) in [4.78, 5) is 20.4. The van der Waals surface area contributed by atoms with Crippen molar-refractivity contribution >= 4 is 45.0 Å². The summed E-state index contributed by atoms with van der Waals surface area (Å²) in [6, 6.07) is 9.86. The van der Waals surface area contributed by atoms with Gasteiger partial charge < -0.3 is 5.32 Å². The monoisotopic (exact) mass is 340 g/mol. The lowest BCUT2D eigenvalue weighted by atomic mass is 10.1. The molecule has 5 nitrogen and oxygen atoms in total. The highest BCUT2D eigenvalue weighted by molar-refractivity contribution is 8.00. The first-order chi connectivity index (χ1) is 11.2. The van der Waals surface area contributed by atoms with Gasteiger partial charge in [0.15, 0.2) is 5.13 Å². The van der Waals surface area contributed by atoms with Crippen molar-refractivity contribution < 1.29 is 4.79 Å². The van der Waals surface area contributed by atoms with Crippen LogP contribution in [0.2, 0.25) is 0 Å². The molecule has 1 N–H and O–H groups in total. The number of aryl methyl sites for hydroxylation is 1. The van der Waals surface area contributed by atoms with E-state index in [0.29, 0.717) is 15.7 Å². The fourth-order valence-corrected chi connectivity index (χ4v) is 3.35. The van der Waals surface area contributed by atoms with E-state index in [0.717, 1.165) is 16.5 Å². The molecular weight excluding hydrogens is 328 g/mol. The van der Waals surface area contributed by atoms with Gasteiger partial charge in [0.2, 0.25) is 5.91 Å². The molecule has 3 aromatic rings. The molecule has 1 aromatic carbocycles. The number of thioether (sulfide) groups is 1. The minimum absolute atomic E-state index is 0.167. The highest BCUT2D eigenvalue weighted by Crippen LogP contribution is 2.25. The molecule has 0 aliphatic heterocycles. The number of rotatable bonds is 4. The summed E-state index contributed by atoms with van der Waals surface area (Å²) in [5.74, 6) is 0.0122. The number of hydrogen-bond acceptors (Lipinski definition) is 6. The fourth-order valence-electron chi connectivity index (χ4n) is 2.04. The number of pyridine rings is 1. The zero-order valence-corrected chi connectivity index (χ0v) is 13.9. The first-order valence-corrected chi connectivity index (χ1v) is 8.66. The van der Waals surface area contributed by atoms with E-state index in [1.54, 1.807) is 11.6 Å². The number of nitrogens with zero attached hydrogens (tertiary/aromatic N) is 3. The molecule has 0 aliphatic rings. The van der Waals surface area contributed by atoms with Crippen LogP contribution in [0.15, 0.2) is 40.9 Å². The van der Waals surface area contributed by atoms with E-state index < -0.39 is 0 Å². The molecule has 23 heavy (non-hydrogen) atoms. The minimum Gasteiger partial charge on any atom is -0.301 e. The van der Waals surface area contributed by atoms with Crippen molar-refractivity contribution in [1.82, 2.24) is 9.97 Å². The molecule has 0 spiro atoms. The average molecular weight is 340 g/mol. The summed E-state index contributed by atoms with van der Waals surface area (Å²) in [7, 11) is 0. The molecule has 0 saturated carbocycles. The van der Waals surface area contributed by atoms with Crippen LogP contribution >= 0.6 is 23.1 Å². The summed E-state index contributed by atoms with van der Waals surface area (Å²) in [5, 5.41) is 15.9. The van der Waals surface area contributed by atoms with Crippen LogP contribution in [0.5, 0.6) is 0 Å². The zero-order chi connectivity index (χ0) is 16.2. The number of nitriles is 1. The van der Waals surface area contributed by atoms with Gasteiger partial charge in [0.1, 0.15) is 11.1 Å². The summed E-state index contributed by atoms with van der Waals surface area (Å²) < 4.78 is 0. The molecule has 0 fully saturated rings. The summed E-state index contributed by atoms with van der Waals surface area (Å²) >= 11 is 2.62. The summed E-state index contributed by atoms with van der Waals surface area (Å²) in [6.07, 6.45) is 1.63. The standard InChI is InChI=1S/C16H12N4OS2/c1-10-2-3-13-11(6-10)7-12(8-17)15(19-13)23-9-14(21)20-16-18-4-5-22-16/h2-7H,9H2,1H3,(H,18,20,21). The van der Waals surface area contributed by atoms with Crippen LogP contribution in [0.1, 0.15) is 11.1 Å². The van der Waals surface area contributed by atoms with Gasteiger partial charge in [-0.05, 0) is 25.1 Å². The van der Waals surface area contributed by atoms with Crippen molar-refractivity contribution in [3.63, 3.8) is 0 Å². The largest absolute Gasteiger partial charge is 0.301 e. The van der Waals surface area contributed by atoms with E-state index in [1.165, 1.54) is 23.1 Å². The van der Waals surface area contributed by atoms with Gasteiger partial charge in [-0.3, -0.25) is 4.79 Å². The molecule has 0 aliphatic carbocycles. The third kappa shape index (κ3) is 3.67. The van der Waals surface area contributed by atoms with Gasteiger partial charge in [0, 0.05) is 17.0 Å². The molecule has 0 unspecified atom stereocenters. The van der Waals surface area contributed by atoms with Crippen molar-refractivity contribution in [1.29, 1.82) is 5.26 Å². The Morgan fingerprint density at radius 3 is 3.04 bits per heavy atom. The normalized spacial score (nSPS) is 10.4. The Kier molecular flexibility index (Phi) is 4.55. The number of benzene rings is 1. The van der Waals surface area contributed by atoms with Crippen molar-refractivity contribution in [2.24, 2.45) is 0 Å². The van der Waals surface area contributed by atoms with Crippen LogP contribution in [0.25, 0.3) is 10.9 Å². The number of thiazole rings is 1. The smallest absolute Gasteiger partial charge is 0.236 e. The van der Waals surface area contributed by atoms with E-state index >= 15 is 0 Å². The number of carbonyl (C=O) groups excluding carboxylic acids is 1. The Balaban J connectivity index is 1.78. The second-order valence-corrected chi connectivity index (χ2v) is 6.68. The number of anilines is 1. The van der Waals surface area contributed by atoms with Crippen molar-refractivity contribution in [3.8, 4) is 6.07 Å². The zero-order valence-electron chi connectivity index (χ0n) is 12.2. The van der Waals surface area contributed by atoms with Gasteiger partial charge in [-0.1, -0.05) is 23.4 Å². The van der Waals surface area contributed by atoms with Crippen LogP contribution in [0, 0.1) is 18.3 Å². The molecule has 0 bridgehead atoms. The summed E-state index contributed by atoms with van der Waals surface area (Å²) in [6.45, 7) is 2.00. The predicted molar refractivity (Wildman–Crippen MR) is 92.7 cm³/mol. The maximum atomic E-state index is 11.9. The van der Waals surface area contributed by atoms with Crippen LogP contribution in [0.4, 0.5) is 5.13 Å². The number of fused-ring (bicyclic) bond motifs is 1. The Hall–Kier alpha value is -2.43. The predicted octanol–water partition coefficient (Wildman–Crippen LogP) is 3.60. The second kappa shape index (κ2) is 6.77. The van der Waals surface area contributed by atoms with E-state index in [-0.39, 0.29) is 11.7 Å². The highest BCUT2D eigenvalue weighted by Gasteiger charge is 2.11. The maximum Gasteiger partial charge on any atom is 0.236 e. The van der Waals surface area contributed by atoms with Gasteiger partial charge in [-0.25, -0.2) is 9.97 Å². The van der Waals surface area contributed by atoms with Gasteiger partial charge in [-0.2, -0.15) is 5.26 Å². The number of carbonyl (C=O) groups is 1. The van der Waals surface area contributed by atoms with E-state index in [2.05, 4.69) is 21.4 Å². The van der Waals surface area contributed by atoms with Crippen LogP contribution in [-0.4, -0.2) is 21.6 Å². The molecule has 3 rings (SSSR count). The third-order valence-electron chi connectivity index (χ3n) is 3.07. The molecule has 7 heteroatoms. The Bertz CT molecular complexity index is 900. The molecular formula is C16H12N4OS2. The molecule has 0 atom stereocenters. The lowest BCUT2D eigenvalue weighted by molar-refractivity contribution is -0.113. The first-order valence-electron chi connectivity index (χ1n) is 6.79. The number of aromatic nitrogens is 2. The molecule has 2 aromatic heterocycles. The Labute approximate surface area is 141 Å². The second-order valence-electron chi connectivity index (χ2n) is 4.82. The number of nitrogens with one attached hydrogen (secondary N) is 1. The Morgan fingerprint density at radius 2 is 2.30 bits per heavy atom. The lowest BCUT2D eigenvalue weighted by Gasteiger charge is -2.06. The third-order valence-corrected chi connectivity index (χ3v) is 4.75. The first kappa shape index (κ1) is 15.5. The average Bonchev–Trinajstić information content (AvgIpc) is 3.04. The van der Waals surface area contributed by atoms with Gasteiger partial charge in [0.05, 0.1) is 16.8 Å². The van der Waals surface area contributed by atoms with Gasteiger partial charge >= 0.3 is 0 Å². The molecule has 0 radical (unpaired) electrons. The number of amides is 1. The van der Waals surface area contributed by atoms with E-state index in [4.69, 9.17) is 0 Å². The minimum atomic E-state index is -0.167. The fraction of sp³-hybridized carbons (Fsp3) is 0.125. The van der Waals surface area contributed by atoms with E-state index in [1.807, 2.05) is 31.2 Å². The lowest BCUT2D eigenvalue weighted by Crippen LogP contribution is -2.14. The van der Waals surface area contributed by atoms with Crippen LogP contribution in [-0.2, 0) is 4.79 Å². The molecule has 114 valence electrons. The quantitative estimate of drug-likeness (QED) is 0.734. The van der Waals surface area contributed by atoms with E-state index in [9.17, 15) is 10.1 Å². The molecule has 1 amide bonds.